The van der Waals surface area contributed by atoms with Crippen molar-refractivity contribution in [3.63, 3.8) is 0 Å². The monoisotopic (exact) mass is 197 g/mol. The lowest BCUT2D eigenvalue weighted by atomic mass is 10.1. The summed E-state index contributed by atoms with van der Waals surface area (Å²) < 4.78 is 0. The molecule has 1 heterocycles. The number of aromatic nitrogens is 1. The van der Waals surface area contributed by atoms with Gasteiger partial charge in [-0.05, 0) is 36.5 Å². The summed E-state index contributed by atoms with van der Waals surface area (Å²) in [6, 6.07) is 15.1. The minimum Gasteiger partial charge on any atom is -0.362 e. The van der Waals surface area contributed by atoms with Crippen LogP contribution in [0.2, 0.25) is 0 Å². The summed E-state index contributed by atoms with van der Waals surface area (Å²) >= 11 is 0. The third-order valence-electron chi connectivity index (χ3n) is 3.02. The lowest BCUT2D eigenvalue weighted by Gasteiger charge is -1.98. The Morgan fingerprint density at radius 3 is 2.53 bits per heavy atom. The Bertz CT molecular complexity index is 437. The Morgan fingerprint density at radius 1 is 1.00 bits per heavy atom. The SMILES string of the molecule is c1ccc(Cc2ccc(C3CC3)[nH]2)cc1. The highest BCUT2D eigenvalue weighted by Gasteiger charge is 2.24. The van der Waals surface area contributed by atoms with Crippen molar-refractivity contribution < 1.29 is 0 Å². The molecule has 76 valence electrons. The molecule has 0 bridgehead atoms. The van der Waals surface area contributed by atoms with Crippen molar-refractivity contribution in [2.75, 3.05) is 0 Å². The van der Waals surface area contributed by atoms with Gasteiger partial charge in [0.1, 0.15) is 0 Å². The van der Waals surface area contributed by atoms with Crippen molar-refractivity contribution in [1.29, 1.82) is 0 Å². The van der Waals surface area contributed by atoms with E-state index in [2.05, 4.69) is 47.4 Å². The van der Waals surface area contributed by atoms with Crippen LogP contribution in [0.3, 0.4) is 0 Å². The molecule has 0 atom stereocenters. The van der Waals surface area contributed by atoms with E-state index >= 15 is 0 Å². The Labute approximate surface area is 90.2 Å². The third-order valence-corrected chi connectivity index (χ3v) is 3.02. The van der Waals surface area contributed by atoms with Gasteiger partial charge in [0.05, 0.1) is 0 Å². The molecule has 1 aromatic carbocycles. The standard InChI is InChI=1S/C14H15N/c1-2-4-11(5-3-1)10-13-8-9-14(15-13)12-6-7-12/h1-5,8-9,12,15H,6-7,10H2. The highest BCUT2D eigenvalue weighted by Crippen LogP contribution is 2.39. The molecule has 1 aliphatic carbocycles. The topological polar surface area (TPSA) is 15.8 Å². The van der Waals surface area contributed by atoms with E-state index in [9.17, 15) is 0 Å². The number of nitrogens with one attached hydrogen (secondary N) is 1. The molecular formula is C14H15N. The Morgan fingerprint density at radius 2 is 1.80 bits per heavy atom. The van der Waals surface area contributed by atoms with Crippen LogP contribution in [0.5, 0.6) is 0 Å². The van der Waals surface area contributed by atoms with Crippen molar-refractivity contribution in [2.45, 2.75) is 25.2 Å². The molecule has 0 spiro atoms. The summed E-state index contributed by atoms with van der Waals surface area (Å²) in [5.74, 6) is 0.828. The zero-order valence-corrected chi connectivity index (χ0v) is 8.74. The van der Waals surface area contributed by atoms with E-state index in [0.717, 1.165) is 12.3 Å². The third kappa shape index (κ3) is 1.96. The first-order valence-electron chi connectivity index (χ1n) is 5.63. The van der Waals surface area contributed by atoms with Gasteiger partial charge >= 0.3 is 0 Å². The van der Waals surface area contributed by atoms with Gasteiger partial charge in [-0.3, -0.25) is 0 Å². The van der Waals surface area contributed by atoms with Crippen LogP contribution < -0.4 is 0 Å². The van der Waals surface area contributed by atoms with E-state index in [0.29, 0.717) is 0 Å². The van der Waals surface area contributed by atoms with Gasteiger partial charge in [-0.2, -0.15) is 0 Å². The smallest absolute Gasteiger partial charge is 0.0193 e. The number of benzene rings is 1. The molecule has 2 aromatic rings. The molecule has 0 saturated heterocycles. The second kappa shape index (κ2) is 3.58. The van der Waals surface area contributed by atoms with Gasteiger partial charge in [-0.25, -0.2) is 0 Å². The Hall–Kier alpha value is -1.50. The van der Waals surface area contributed by atoms with E-state index in [1.165, 1.54) is 29.8 Å². The molecule has 0 radical (unpaired) electrons. The van der Waals surface area contributed by atoms with Crippen LogP contribution >= 0.6 is 0 Å². The summed E-state index contributed by atoms with van der Waals surface area (Å²) in [6.07, 6.45) is 3.75. The van der Waals surface area contributed by atoms with E-state index in [1.54, 1.807) is 0 Å². The van der Waals surface area contributed by atoms with Gasteiger partial charge in [0.15, 0.2) is 0 Å². The van der Waals surface area contributed by atoms with Gasteiger partial charge in [-0.15, -0.1) is 0 Å². The Balaban J connectivity index is 1.76. The van der Waals surface area contributed by atoms with E-state index in [-0.39, 0.29) is 0 Å². The fraction of sp³-hybridized carbons (Fsp3) is 0.286. The summed E-state index contributed by atoms with van der Waals surface area (Å²) in [5.41, 5.74) is 4.14. The fourth-order valence-electron chi connectivity index (χ4n) is 2.01. The molecule has 15 heavy (non-hydrogen) atoms. The average Bonchev–Trinajstić information content (AvgIpc) is 3.02. The lowest BCUT2D eigenvalue weighted by molar-refractivity contribution is 1.00. The summed E-state index contributed by atoms with van der Waals surface area (Å²) in [7, 11) is 0. The second-order valence-electron chi connectivity index (χ2n) is 4.38. The van der Waals surface area contributed by atoms with Crippen molar-refractivity contribution in [3.05, 3.63) is 59.4 Å². The van der Waals surface area contributed by atoms with Crippen LogP contribution in [0.4, 0.5) is 0 Å². The summed E-state index contributed by atoms with van der Waals surface area (Å²) in [4.78, 5) is 3.52. The van der Waals surface area contributed by atoms with Crippen LogP contribution in [-0.4, -0.2) is 4.98 Å². The quantitative estimate of drug-likeness (QED) is 0.775. The zero-order chi connectivity index (χ0) is 10.1. The van der Waals surface area contributed by atoms with Gasteiger partial charge in [0.25, 0.3) is 0 Å². The first-order chi connectivity index (χ1) is 7.42. The molecule has 1 saturated carbocycles. The number of rotatable bonds is 3. The molecular weight excluding hydrogens is 182 g/mol. The molecule has 1 aromatic heterocycles. The van der Waals surface area contributed by atoms with E-state index in [4.69, 9.17) is 0 Å². The minimum absolute atomic E-state index is 0.828. The highest BCUT2D eigenvalue weighted by atomic mass is 14.7. The largest absolute Gasteiger partial charge is 0.362 e. The summed E-state index contributed by atoms with van der Waals surface area (Å²) in [6.45, 7) is 0. The number of H-pyrrole nitrogens is 1. The van der Waals surface area contributed by atoms with Crippen LogP contribution in [0, 0.1) is 0 Å². The maximum atomic E-state index is 3.52. The van der Waals surface area contributed by atoms with Gasteiger partial charge in [-0.1, -0.05) is 30.3 Å². The molecule has 1 aliphatic rings. The van der Waals surface area contributed by atoms with Crippen molar-refractivity contribution >= 4 is 0 Å². The zero-order valence-electron chi connectivity index (χ0n) is 8.74. The molecule has 1 fully saturated rings. The Kier molecular flexibility index (Phi) is 2.09. The minimum atomic E-state index is 0.828. The molecule has 3 rings (SSSR count). The molecule has 1 heteroatoms. The van der Waals surface area contributed by atoms with Crippen LogP contribution in [0.1, 0.15) is 35.7 Å². The summed E-state index contributed by atoms with van der Waals surface area (Å²) in [5, 5.41) is 0. The second-order valence-corrected chi connectivity index (χ2v) is 4.38. The first kappa shape index (κ1) is 8.78. The number of hydrogen-bond donors (Lipinski definition) is 1. The molecule has 0 aliphatic heterocycles. The normalized spacial score (nSPS) is 15.5. The maximum Gasteiger partial charge on any atom is 0.0193 e. The molecule has 1 N–H and O–H groups in total. The fourth-order valence-corrected chi connectivity index (χ4v) is 2.01. The van der Waals surface area contributed by atoms with Crippen LogP contribution in [0.15, 0.2) is 42.5 Å². The predicted molar refractivity (Wildman–Crippen MR) is 62.0 cm³/mol. The lowest BCUT2D eigenvalue weighted by Crippen LogP contribution is -1.88. The van der Waals surface area contributed by atoms with Crippen molar-refractivity contribution in [2.24, 2.45) is 0 Å². The van der Waals surface area contributed by atoms with Crippen LogP contribution in [-0.2, 0) is 6.42 Å². The molecule has 0 amide bonds. The van der Waals surface area contributed by atoms with Gasteiger partial charge < -0.3 is 4.98 Å². The van der Waals surface area contributed by atoms with Gasteiger partial charge in [0.2, 0.25) is 0 Å². The van der Waals surface area contributed by atoms with Crippen molar-refractivity contribution in [1.82, 2.24) is 4.98 Å². The van der Waals surface area contributed by atoms with Crippen molar-refractivity contribution in [3.8, 4) is 0 Å². The predicted octanol–water partition coefficient (Wildman–Crippen LogP) is 3.48. The maximum absolute atomic E-state index is 3.52. The molecule has 0 unspecified atom stereocenters. The average molecular weight is 197 g/mol. The molecule has 1 nitrogen and oxygen atoms in total. The number of hydrogen-bond acceptors (Lipinski definition) is 0. The number of aromatic amines is 1. The highest BCUT2D eigenvalue weighted by molar-refractivity contribution is 5.26. The van der Waals surface area contributed by atoms with Crippen LogP contribution in [0.25, 0.3) is 0 Å². The van der Waals surface area contributed by atoms with E-state index < -0.39 is 0 Å². The van der Waals surface area contributed by atoms with Gasteiger partial charge in [0, 0.05) is 17.8 Å². The first-order valence-corrected chi connectivity index (χ1v) is 5.63. The van der Waals surface area contributed by atoms with E-state index in [1.807, 2.05) is 0 Å².